The average molecular weight is 154 g/mol. The molecule has 0 rings (SSSR count). The van der Waals surface area contributed by atoms with Crippen molar-refractivity contribution in [1.82, 2.24) is 0 Å². The highest BCUT2D eigenvalue weighted by atomic mass is 16.1. The van der Waals surface area contributed by atoms with Crippen LogP contribution in [0.15, 0.2) is 11.6 Å². The largest absolute Gasteiger partial charge is 0.300 e. The highest BCUT2D eigenvalue weighted by molar-refractivity contribution is 5.75. The first kappa shape index (κ1) is 10.4. The second kappa shape index (κ2) is 5.11. The smallest absolute Gasteiger partial charge is 0.129 e. The van der Waals surface area contributed by atoms with E-state index in [4.69, 9.17) is 0 Å². The van der Waals surface area contributed by atoms with Crippen LogP contribution in [0.3, 0.4) is 0 Å². The van der Waals surface area contributed by atoms with Gasteiger partial charge in [0.25, 0.3) is 0 Å². The normalized spacial score (nSPS) is 12.4. The monoisotopic (exact) mass is 154 g/mol. The van der Waals surface area contributed by atoms with Gasteiger partial charge in [-0.05, 0) is 33.1 Å². The van der Waals surface area contributed by atoms with Gasteiger partial charge in [-0.2, -0.15) is 0 Å². The maximum Gasteiger partial charge on any atom is 0.129 e. The van der Waals surface area contributed by atoms with Gasteiger partial charge >= 0.3 is 0 Å². The summed E-state index contributed by atoms with van der Waals surface area (Å²) in [5.41, 5.74) is 1.33. The molecule has 0 amide bonds. The predicted molar refractivity (Wildman–Crippen MR) is 48.5 cm³/mol. The van der Waals surface area contributed by atoms with Gasteiger partial charge in [0.1, 0.15) is 5.78 Å². The quantitative estimate of drug-likeness (QED) is 0.569. The molecule has 1 atom stereocenters. The molecule has 1 unspecified atom stereocenters. The number of hydrogen-bond donors (Lipinski definition) is 0. The fraction of sp³-hybridized carbons (Fsp3) is 0.700. The van der Waals surface area contributed by atoms with E-state index in [1.165, 1.54) is 5.57 Å². The molecular weight excluding hydrogens is 136 g/mol. The number of ketones is 1. The van der Waals surface area contributed by atoms with Crippen LogP contribution in [0, 0.1) is 5.92 Å². The molecular formula is C10H18O. The molecule has 0 N–H and O–H groups in total. The van der Waals surface area contributed by atoms with Gasteiger partial charge in [-0.15, -0.1) is 0 Å². The maximum absolute atomic E-state index is 10.6. The van der Waals surface area contributed by atoms with E-state index in [2.05, 4.69) is 26.8 Å². The summed E-state index contributed by atoms with van der Waals surface area (Å²) >= 11 is 0. The van der Waals surface area contributed by atoms with E-state index in [9.17, 15) is 4.79 Å². The van der Waals surface area contributed by atoms with Gasteiger partial charge in [-0.3, -0.25) is 0 Å². The van der Waals surface area contributed by atoms with Crippen molar-refractivity contribution >= 4 is 5.78 Å². The van der Waals surface area contributed by atoms with Gasteiger partial charge in [-0.1, -0.05) is 18.6 Å². The molecule has 0 fully saturated rings. The second-order valence-electron chi connectivity index (χ2n) is 3.46. The molecule has 0 saturated heterocycles. The zero-order chi connectivity index (χ0) is 8.85. The Hall–Kier alpha value is -0.590. The summed E-state index contributed by atoms with van der Waals surface area (Å²) in [7, 11) is 0. The lowest BCUT2D eigenvalue weighted by molar-refractivity contribution is -0.117. The van der Waals surface area contributed by atoms with Crippen molar-refractivity contribution in [3.63, 3.8) is 0 Å². The fourth-order valence-corrected chi connectivity index (χ4v) is 1.08. The number of Topliss-reactive ketones (excluding diaryl/α,β-unsaturated/α-hetero) is 1. The molecule has 0 aliphatic carbocycles. The summed E-state index contributed by atoms with van der Waals surface area (Å²) in [6.45, 7) is 7.97. The Balaban J connectivity index is 3.61. The number of carbonyl (C=O) groups is 1. The molecule has 64 valence electrons. The van der Waals surface area contributed by atoms with Gasteiger partial charge < -0.3 is 4.79 Å². The van der Waals surface area contributed by atoms with Gasteiger partial charge in [0, 0.05) is 6.42 Å². The third-order valence-electron chi connectivity index (χ3n) is 1.57. The zero-order valence-corrected chi connectivity index (χ0v) is 7.98. The molecule has 0 aromatic rings. The summed E-state index contributed by atoms with van der Waals surface area (Å²) in [6.07, 6.45) is 3.91. The Bertz CT molecular complexity index is 152. The van der Waals surface area contributed by atoms with Crippen molar-refractivity contribution in [3.05, 3.63) is 11.6 Å². The van der Waals surface area contributed by atoms with E-state index in [-0.39, 0.29) is 0 Å². The highest BCUT2D eigenvalue weighted by Crippen LogP contribution is 2.09. The molecule has 0 bridgehead atoms. The van der Waals surface area contributed by atoms with Gasteiger partial charge in [-0.25, -0.2) is 0 Å². The van der Waals surface area contributed by atoms with Crippen LogP contribution in [-0.4, -0.2) is 5.78 Å². The lowest BCUT2D eigenvalue weighted by Gasteiger charge is -2.04. The predicted octanol–water partition coefficient (Wildman–Crippen LogP) is 2.96. The summed E-state index contributed by atoms with van der Waals surface area (Å²) in [4.78, 5) is 10.6. The average Bonchev–Trinajstić information content (AvgIpc) is 1.82. The van der Waals surface area contributed by atoms with E-state index in [0.717, 1.165) is 6.42 Å². The lowest BCUT2D eigenvalue weighted by Crippen LogP contribution is -1.96. The molecule has 0 radical (unpaired) electrons. The van der Waals surface area contributed by atoms with Crippen LogP contribution in [0.4, 0.5) is 0 Å². The molecule has 0 aromatic heterocycles. The Morgan fingerprint density at radius 1 is 1.36 bits per heavy atom. The lowest BCUT2D eigenvalue weighted by atomic mass is 10.0. The van der Waals surface area contributed by atoms with Crippen LogP contribution in [0.25, 0.3) is 0 Å². The van der Waals surface area contributed by atoms with Crippen LogP contribution in [0.1, 0.15) is 40.5 Å². The molecule has 1 heteroatoms. The Kier molecular flexibility index (Phi) is 4.84. The molecule has 0 saturated carbocycles. The van der Waals surface area contributed by atoms with Gasteiger partial charge in [0.15, 0.2) is 0 Å². The number of rotatable bonds is 4. The summed E-state index contributed by atoms with van der Waals surface area (Å²) in [6, 6.07) is 0. The topological polar surface area (TPSA) is 17.1 Å². The second-order valence-corrected chi connectivity index (χ2v) is 3.46. The van der Waals surface area contributed by atoms with Gasteiger partial charge in [0.05, 0.1) is 0 Å². The Morgan fingerprint density at radius 3 is 2.27 bits per heavy atom. The summed E-state index contributed by atoms with van der Waals surface area (Å²) < 4.78 is 0. The molecule has 0 heterocycles. The number of hydrogen-bond acceptors (Lipinski definition) is 1. The molecule has 0 aromatic carbocycles. The van der Waals surface area contributed by atoms with E-state index in [1.807, 2.05) is 0 Å². The Morgan fingerprint density at radius 2 is 1.91 bits per heavy atom. The van der Waals surface area contributed by atoms with Crippen LogP contribution in [-0.2, 0) is 4.79 Å². The fourth-order valence-electron chi connectivity index (χ4n) is 1.08. The Labute approximate surface area is 69.5 Å². The molecule has 0 aliphatic heterocycles. The third kappa shape index (κ3) is 7.31. The van der Waals surface area contributed by atoms with Crippen molar-refractivity contribution in [1.29, 1.82) is 0 Å². The van der Waals surface area contributed by atoms with Crippen LogP contribution < -0.4 is 0 Å². The highest BCUT2D eigenvalue weighted by Gasteiger charge is 1.99. The van der Waals surface area contributed by atoms with Crippen LogP contribution in [0.2, 0.25) is 0 Å². The molecule has 0 spiro atoms. The van der Waals surface area contributed by atoms with Crippen molar-refractivity contribution in [2.45, 2.75) is 40.5 Å². The van der Waals surface area contributed by atoms with E-state index in [1.54, 1.807) is 6.92 Å². The standard InChI is InChI=1S/C10H18O/c1-8(2)7-9(3)5-6-10(4)11/h7,9H,5-6H2,1-4H3. The van der Waals surface area contributed by atoms with Crippen LogP contribution in [0.5, 0.6) is 0 Å². The number of carbonyl (C=O) groups excluding carboxylic acids is 1. The minimum Gasteiger partial charge on any atom is -0.300 e. The summed E-state index contributed by atoms with van der Waals surface area (Å²) in [5.74, 6) is 0.836. The first-order valence-electron chi connectivity index (χ1n) is 4.17. The SMILES string of the molecule is CC(=O)CCC(C)C=C(C)C. The van der Waals surface area contributed by atoms with Crippen LogP contribution >= 0.6 is 0 Å². The zero-order valence-electron chi connectivity index (χ0n) is 7.98. The molecule has 0 aliphatic rings. The van der Waals surface area contributed by atoms with Gasteiger partial charge in [0.2, 0.25) is 0 Å². The molecule has 1 nitrogen and oxygen atoms in total. The van der Waals surface area contributed by atoms with E-state index >= 15 is 0 Å². The minimum atomic E-state index is 0.291. The van der Waals surface area contributed by atoms with Crippen molar-refractivity contribution < 1.29 is 4.79 Å². The first-order chi connectivity index (χ1) is 5.02. The molecule has 11 heavy (non-hydrogen) atoms. The van der Waals surface area contributed by atoms with Crippen molar-refractivity contribution in [2.75, 3.05) is 0 Å². The minimum absolute atomic E-state index is 0.291. The summed E-state index contributed by atoms with van der Waals surface area (Å²) in [5, 5.41) is 0. The van der Waals surface area contributed by atoms with E-state index in [0.29, 0.717) is 18.1 Å². The maximum atomic E-state index is 10.6. The van der Waals surface area contributed by atoms with Crippen molar-refractivity contribution in [2.24, 2.45) is 5.92 Å². The van der Waals surface area contributed by atoms with Crippen molar-refractivity contribution in [3.8, 4) is 0 Å². The first-order valence-corrected chi connectivity index (χ1v) is 4.17. The number of allylic oxidation sites excluding steroid dienone is 2. The van der Waals surface area contributed by atoms with E-state index < -0.39 is 0 Å². The third-order valence-corrected chi connectivity index (χ3v) is 1.57.